The van der Waals surface area contributed by atoms with E-state index in [1.807, 2.05) is 6.07 Å². The van der Waals surface area contributed by atoms with Crippen LogP contribution in [0.3, 0.4) is 0 Å². The first-order valence-electron chi connectivity index (χ1n) is 9.12. The van der Waals surface area contributed by atoms with Gasteiger partial charge in [-0.25, -0.2) is 4.79 Å². The summed E-state index contributed by atoms with van der Waals surface area (Å²) in [7, 11) is 0. The summed E-state index contributed by atoms with van der Waals surface area (Å²) in [5.41, 5.74) is 1.12. The normalized spacial score (nSPS) is 15.1. The first-order chi connectivity index (χ1) is 13.5. The number of carbonyl (C=O) groups excluding carboxylic acids is 3. The van der Waals surface area contributed by atoms with Crippen LogP contribution in [0, 0.1) is 0 Å². The van der Waals surface area contributed by atoms with Gasteiger partial charge in [0.2, 0.25) is 5.91 Å². The number of amides is 2. The van der Waals surface area contributed by atoms with Crippen molar-refractivity contribution in [2.45, 2.75) is 32.5 Å². The number of fused-ring (bicyclic) bond motifs is 1. The Balaban J connectivity index is 1.68. The van der Waals surface area contributed by atoms with Crippen molar-refractivity contribution in [3.63, 3.8) is 0 Å². The molecule has 2 aromatic carbocycles. The minimum Gasteiger partial charge on any atom is -0.479 e. The summed E-state index contributed by atoms with van der Waals surface area (Å²) < 4.78 is 11.0. The quantitative estimate of drug-likeness (QED) is 0.777. The molecule has 0 aliphatic carbocycles. The molecule has 0 spiro atoms. The van der Waals surface area contributed by atoms with Crippen LogP contribution in [-0.2, 0) is 19.1 Å². The second-order valence-corrected chi connectivity index (χ2v) is 6.40. The van der Waals surface area contributed by atoms with Gasteiger partial charge in [0.1, 0.15) is 12.3 Å². The topological polar surface area (TPSA) is 84.9 Å². The molecule has 2 atom stereocenters. The van der Waals surface area contributed by atoms with Crippen LogP contribution in [0.5, 0.6) is 5.75 Å². The minimum atomic E-state index is -1.06. The Bertz CT molecular complexity index is 868. The fourth-order valence-electron chi connectivity index (χ4n) is 2.91. The van der Waals surface area contributed by atoms with Crippen LogP contribution in [-0.4, -0.2) is 36.5 Å². The average Bonchev–Trinajstić information content (AvgIpc) is 2.71. The number of hydrogen-bond donors (Lipinski definition) is 1. The van der Waals surface area contributed by atoms with E-state index in [-0.39, 0.29) is 12.5 Å². The summed E-state index contributed by atoms with van der Waals surface area (Å²) in [5.74, 6) is -0.844. The van der Waals surface area contributed by atoms with Gasteiger partial charge < -0.3 is 14.8 Å². The Morgan fingerprint density at radius 2 is 1.79 bits per heavy atom. The highest BCUT2D eigenvalue weighted by Gasteiger charge is 2.32. The third-order valence-electron chi connectivity index (χ3n) is 4.33. The van der Waals surface area contributed by atoms with E-state index < -0.39 is 24.1 Å². The lowest BCUT2D eigenvalue weighted by molar-refractivity contribution is -0.161. The van der Waals surface area contributed by atoms with Crippen molar-refractivity contribution in [3.05, 3.63) is 54.6 Å². The molecule has 1 N–H and O–H groups in total. The van der Waals surface area contributed by atoms with E-state index in [2.05, 4.69) is 5.32 Å². The zero-order valence-corrected chi connectivity index (χ0v) is 15.8. The third-order valence-corrected chi connectivity index (χ3v) is 4.33. The number of nitrogens with zero attached hydrogens (tertiary/aromatic N) is 1. The van der Waals surface area contributed by atoms with Crippen molar-refractivity contribution < 1.29 is 23.9 Å². The summed E-state index contributed by atoms with van der Waals surface area (Å²) in [5, 5.41) is 2.72. The highest BCUT2D eigenvalue weighted by atomic mass is 16.6. The van der Waals surface area contributed by atoms with Crippen LogP contribution in [0.15, 0.2) is 54.6 Å². The van der Waals surface area contributed by atoms with E-state index in [4.69, 9.17) is 9.47 Å². The number of ether oxygens (including phenoxy) is 2. The van der Waals surface area contributed by atoms with Gasteiger partial charge in [-0.05, 0) is 37.6 Å². The number of esters is 1. The van der Waals surface area contributed by atoms with Gasteiger partial charge in [-0.2, -0.15) is 0 Å². The molecule has 0 bridgehead atoms. The van der Waals surface area contributed by atoms with Crippen LogP contribution >= 0.6 is 0 Å². The molecule has 1 aliphatic heterocycles. The lowest BCUT2D eigenvalue weighted by Crippen LogP contribution is -2.47. The number of nitrogens with one attached hydrogen (secondary N) is 1. The van der Waals surface area contributed by atoms with Crippen molar-refractivity contribution >= 4 is 29.2 Å². The molecule has 0 unspecified atom stereocenters. The summed E-state index contributed by atoms with van der Waals surface area (Å²) >= 11 is 0. The third kappa shape index (κ3) is 4.31. The summed E-state index contributed by atoms with van der Waals surface area (Å²) in [6.45, 7) is 3.16. The van der Waals surface area contributed by atoms with Crippen LogP contribution in [0.2, 0.25) is 0 Å². The van der Waals surface area contributed by atoms with Crippen LogP contribution in [0.25, 0.3) is 0 Å². The standard InChI is InChI=1S/C21H22N2O5/c1-3-18(28-15-9-5-4-6-10-15)21(26)27-14(2)20(25)23-13-19(24)22-16-11-7-8-12-17(16)23/h4-12,14,18H,3,13H2,1-2H3,(H,22,24)/t14-,18-/m0/s1. The maximum atomic E-state index is 12.8. The molecule has 7 nitrogen and oxygen atoms in total. The van der Waals surface area contributed by atoms with Crippen molar-refractivity contribution in [3.8, 4) is 5.75 Å². The van der Waals surface area contributed by atoms with E-state index in [0.717, 1.165) is 0 Å². The predicted molar refractivity (Wildman–Crippen MR) is 104 cm³/mol. The second kappa shape index (κ2) is 8.56. The Hall–Kier alpha value is -3.35. The lowest BCUT2D eigenvalue weighted by atomic mass is 10.1. The molecule has 0 saturated carbocycles. The Morgan fingerprint density at radius 1 is 1.11 bits per heavy atom. The zero-order chi connectivity index (χ0) is 20.1. The molecule has 1 aliphatic rings. The average molecular weight is 382 g/mol. The highest BCUT2D eigenvalue weighted by Crippen LogP contribution is 2.29. The molecule has 28 heavy (non-hydrogen) atoms. The molecule has 0 fully saturated rings. The molecular weight excluding hydrogens is 360 g/mol. The van der Waals surface area contributed by atoms with Crippen LogP contribution in [0.1, 0.15) is 20.3 Å². The minimum absolute atomic E-state index is 0.130. The number of rotatable bonds is 6. The van der Waals surface area contributed by atoms with Gasteiger partial charge in [-0.3, -0.25) is 14.5 Å². The summed E-state index contributed by atoms with van der Waals surface area (Å²) in [4.78, 5) is 38.6. The number of carbonyl (C=O) groups is 3. The fourth-order valence-corrected chi connectivity index (χ4v) is 2.91. The van der Waals surface area contributed by atoms with Crippen LogP contribution in [0.4, 0.5) is 11.4 Å². The molecule has 146 valence electrons. The Morgan fingerprint density at radius 3 is 2.50 bits per heavy atom. The Labute approximate surface area is 163 Å². The van der Waals surface area contributed by atoms with Gasteiger partial charge in [-0.15, -0.1) is 0 Å². The first kappa shape index (κ1) is 19.4. The fraction of sp³-hybridized carbons (Fsp3) is 0.286. The van der Waals surface area contributed by atoms with E-state index in [1.165, 1.54) is 11.8 Å². The van der Waals surface area contributed by atoms with Crippen molar-refractivity contribution in [1.29, 1.82) is 0 Å². The molecule has 3 rings (SSSR count). The monoisotopic (exact) mass is 382 g/mol. The van der Waals surface area contributed by atoms with Gasteiger partial charge in [0.05, 0.1) is 11.4 Å². The Kier molecular flexibility index (Phi) is 5.93. The van der Waals surface area contributed by atoms with E-state index >= 15 is 0 Å². The molecular formula is C21H22N2O5. The van der Waals surface area contributed by atoms with Crippen molar-refractivity contribution in [1.82, 2.24) is 0 Å². The molecule has 0 radical (unpaired) electrons. The largest absolute Gasteiger partial charge is 0.479 e. The van der Waals surface area contributed by atoms with Gasteiger partial charge in [-0.1, -0.05) is 37.3 Å². The molecule has 2 amide bonds. The van der Waals surface area contributed by atoms with E-state index in [1.54, 1.807) is 55.5 Å². The first-order valence-corrected chi connectivity index (χ1v) is 9.12. The number of anilines is 2. The maximum Gasteiger partial charge on any atom is 0.348 e. The zero-order valence-electron chi connectivity index (χ0n) is 15.8. The predicted octanol–water partition coefficient (Wildman–Crippen LogP) is 2.76. The summed E-state index contributed by atoms with van der Waals surface area (Å²) in [6, 6.07) is 15.9. The van der Waals surface area contributed by atoms with Gasteiger partial charge in [0, 0.05) is 0 Å². The molecule has 7 heteroatoms. The second-order valence-electron chi connectivity index (χ2n) is 6.40. The van der Waals surface area contributed by atoms with Crippen molar-refractivity contribution in [2.75, 3.05) is 16.8 Å². The van der Waals surface area contributed by atoms with Crippen LogP contribution < -0.4 is 15.0 Å². The number of benzene rings is 2. The van der Waals surface area contributed by atoms with Gasteiger partial charge in [0.25, 0.3) is 5.91 Å². The smallest absolute Gasteiger partial charge is 0.348 e. The highest BCUT2D eigenvalue weighted by molar-refractivity contribution is 6.11. The molecule has 0 saturated heterocycles. The summed E-state index contributed by atoms with van der Waals surface area (Å²) in [6.07, 6.45) is -1.49. The molecule has 0 aromatic heterocycles. The number of para-hydroxylation sites is 3. The van der Waals surface area contributed by atoms with E-state index in [0.29, 0.717) is 23.5 Å². The SMILES string of the molecule is CC[C@H](Oc1ccccc1)C(=O)O[C@@H](C)C(=O)N1CC(=O)Nc2ccccc21. The van der Waals surface area contributed by atoms with E-state index in [9.17, 15) is 14.4 Å². The van der Waals surface area contributed by atoms with Gasteiger partial charge in [0.15, 0.2) is 12.2 Å². The number of hydrogen-bond acceptors (Lipinski definition) is 5. The maximum absolute atomic E-state index is 12.8. The molecule has 1 heterocycles. The lowest BCUT2D eigenvalue weighted by Gasteiger charge is -2.31. The molecule has 2 aromatic rings. The van der Waals surface area contributed by atoms with Crippen molar-refractivity contribution in [2.24, 2.45) is 0 Å². The van der Waals surface area contributed by atoms with Gasteiger partial charge >= 0.3 is 5.97 Å².